The third-order valence-electron chi connectivity index (χ3n) is 2.57. The fraction of sp³-hybridized carbons (Fsp3) is 0.364. The molecule has 0 radical (unpaired) electrons. The van der Waals surface area contributed by atoms with Crippen LogP contribution in [0.4, 0.5) is 4.39 Å². The van der Waals surface area contributed by atoms with Crippen molar-refractivity contribution in [2.24, 2.45) is 0 Å². The minimum absolute atomic E-state index is 0.0746. The lowest BCUT2D eigenvalue weighted by Gasteiger charge is -2.07. The molecule has 0 bridgehead atoms. The molecule has 1 aliphatic heterocycles. The summed E-state index contributed by atoms with van der Waals surface area (Å²) < 4.78 is 23.3. The van der Waals surface area contributed by atoms with E-state index in [4.69, 9.17) is 4.74 Å². The van der Waals surface area contributed by atoms with Gasteiger partial charge in [-0.25, -0.2) is 4.39 Å². The van der Waals surface area contributed by atoms with Crippen molar-refractivity contribution >= 4 is 5.97 Å². The molecular weight excluding hydrogens is 215 g/mol. The summed E-state index contributed by atoms with van der Waals surface area (Å²) in [4.78, 5) is 11.1. The molecule has 2 rings (SSSR count). The molecule has 1 aromatic carbocycles. The molecule has 1 unspecified atom stereocenters. The van der Waals surface area contributed by atoms with Crippen molar-refractivity contribution in [1.82, 2.24) is 0 Å². The Kier molecular flexibility index (Phi) is 2.68. The Bertz CT molecular complexity index is 430. The van der Waals surface area contributed by atoms with Crippen molar-refractivity contribution in [2.75, 3.05) is 13.7 Å². The van der Waals surface area contributed by atoms with Crippen molar-refractivity contribution in [1.29, 1.82) is 0 Å². The lowest BCUT2D eigenvalue weighted by Crippen LogP contribution is -2.10. The standard InChI is InChI=1S/C11H11FO4/c1-15-10(14)2-6-5-16-9-4-7(13)3-8(12)11(6)9/h3-4,6,13H,2,5H2,1H3. The van der Waals surface area contributed by atoms with E-state index < -0.39 is 11.8 Å². The molecule has 0 saturated heterocycles. The molecule has 1 atom stereocenters. The van der Waals surface area contributed by atoms with E-state index in [9.17, 15) is 14.3 Å². The molecule has 16 heavy (non-hydrogen) atoms. The minimum atomic E-state index is -0.554. The Morgan fingerprint density at radius 1 is 1.69 bits per heavy atom. The molecule has 0 aliphatic carbocycles. The maximum atomic E-state index is 13.6. The highest BCUT2D eigenvalue weighted by Gasteiger charge is 2.30. The zero-order valence-corrected chi connectivity index (χ0v) is 8.70. The van der Waals surface area contributed by atoms with Gasteiger partial charge in [0, 0.05) is 23.6 Å². The monoisotopic (exact) mass is 226 g/mol. The number of methoxy groups -OCH3 is 1. The van der Waals surface area contributed by atoms with Gasteiger partial charge >= 0.3 is 5.97 Å². The Hall–Kier alpha value is -1.78. The quantitative estimate of drug-likeness (QED) is 0.778. The van der Waals surface area contributed by atoms with Crippen LogP contribution in [0.2, 0.25) is 0 Å². The maximum absolute atomic E-state index is 13.6. The molecule has 5 heteroatoms. The van der Waals surface area contributed by atoms with Gasteiger partial charge in [0.2, 0.25) is 0 Å². The normalized spacial score (nSPS) is 17.8. The molecule has 86 valence electrons. The van der Waals surface area contributed by atoms with Crippen LogP contribution in [0, 0.1) is 5.82 Å². The molecule has 4 nitrogen and oxygen atoms in total. The molecule has 0 amide bonds. The third kappa shape index (κ3) is 1.80. The average molecular weight is 226 g/mol. The van der Waals surface area contributed by atoms with Crippen LogP contribution < -0.4 is 4.74 Å². The molecule has 0 aromatic heterocycles. The van der Waals surface area contributed by atoms with Crippen molar-refractivity contribution in [3.05, 3.63) is 23.5 Å². The van der Waals surface area contributed by atoms with Gasteiger partial charge in [-0.2, -0.15) is 0 Å². The van der Waals surface area contributed by atoms with Crippen LogP contribution in [0.15, 0.2) is 12.1 Å². The highest BCUT2D eigenvalue weighted by atomic mass is 19.1. The topological polar surface area (TPSA) is 55.8 Å². The second-order valence-corrected chi connectivity index (χ2v) is 3.63. The van der Waals surface area contributed by atoms with Crippen LogP contribution in [0.25, 0.3) is 0 Å². The Morgan fingerprint density at radius 2 is 2.44 bits per heavy atom. The Labute approximate surface area is 91.6 Å². The van der Waals surface area contributed by atoms with Crippen LogP contribution in [0.5, 0.6) is 11.5 Å². The molecule has 1 aliphatic rings. The number of rotatable bonds is 2. The fourth-order valence-corrected chi connectivity index (χ4v) is 1.81. The van der Waals surface area contributed by atoms with Crippen molar-refractivity contribution < 1.29 is 23.8 Å². The Balaban J connectivity index is 2.29. The summed E-state index contributed by atoms with van der Waals surface area (Å²) in [6.07, 6.45) is 0.0746. The van der Waals surface area contributed by atoms with Crippen LogP contribution in [0.1, 0.15) is 17.9 Å². The number of hydrogen-bond donors (Lipinski definition) is 1. The highest BCUT2D eigenvalue weighted by Crippen LogP contribution is 2.40. The number of hydrogen-bond acceptors (Lipinski definition) is 4. The van der Waals surface area contributed by atoms with E-state index in [-0.39, 0.29) is 24.7 Å². The molecule has 1 N–H and O–H groups in total. The van der Waals surface area contributed by atoms with Gasteiger partial charge in [-0.3, -0.25) is 4.79 Å². The third-order valence-corrected chi connectivity index (χ3v) is 2.57. The minimum Gasteiger partial charge on any atom is -0.508 e. The summed E-state index contributed by atoms with van der Waals surface area (Å²) in [6, 6.07) is 2.35. The summed E-state index contributed by atoms with van der Waals surface area (Å²) in [6.45, 7) is 0.227. The van der Waals surface area contributed by atoms with E-state index in [1.807, 2.05) is 0 Å². The summed E-state index contributed by atoms with van der Waals surface area (Å²) in [5.74, 6) is -1.19. The number of esters is 1. The van der Waals surface area contributed by atoms with Gasteiger partial charge in [-0.1, -0.05) is 0 Å². The van der Waals surface area contributed by atoms with Crippen molar-refractivity contribution in [2.45, 2.75) is 12.3 Å². The first-order valence-corrected chi connectivity index (χ1v) is 4.84. The molecule has 0 spiro atoms. The van der Waals surface area contributed by atoms with E-state index >= 15 is 0 Å². The van der Waals surface area contributed by atoms with Gasteiger partial charge in [0.25, 0.3) is 0 Å². The van der Waals surface area contributed by atoms with Gasteiger partial charge in [0.1, 0.15) is 17.3 Å². The SMILES string of the molecule is COC(=O)CC1COc2cc(O)cc(F)c21. The Morgan fingerprint density at radius 3 is 3.12 bits per heavy atom. The number of carbonyl (C=O) groups excluding carboxylic acids is 1. The van der Waals surface area contributed by atoms with Gasteiger partial charge in [0.05, 0.1) is 20.1 Å². The van der Waals surface area contributed by atoms with E-state index in [1.54, 1.807) is 0 Å². The highest BCUT2D eigenvalue weighted by molar-refractivity contribution is 5.71. The number of carbonyl (C=O) groups is 1. The molecule has 0 fully saturated rings. The summed E-state index contributed by atoms with van der Waals surface area (Å²) in [5, 5.41) is 9.18. The lowest BCUT2D eigenvalue weighted by molar-refractivity contribution is -0.141. The van der Waals surface area contributed by atoms with E-state index in [1.165, 1.54) is 13.2 Å². The predicted molar refractivity (Wildman–Crippen MR) is 52.9 cm³/mol. The largest absolute Gasteiger partial charge is 0.508 e. The molecular formula is C11H11FO4. The molecule has 0 saturated carbocycles. The van der Waals surface area contributed by atoms with Gasteiger partial charge in [0.15, 0.2) is 0 Å². The van der Waals surface area contributed by atoms with E-state index in [0.29, 0.717) is 11.3 Å². The number of fused-ring (bicyclic) bond motifs is 1. The van der Waals surface area contributed by atoms with Crippen LogP contribution in [-0.4, -0.2) is 24.8 Å². The van der Waals surface area contributed by atoms with Crippen LogP contribution in [-0.2, 0) is 9.53 Å². The van der Waals surface area contributed by atoms with Gasteiger partial charge in [-0.15, -0.1) is 0 Å². The zero-order valence-electron chi connectivity index (χ0n) is 8.70. The first-order chi connectivity index (χ1) is 7.61. The molecule has 1 heterocycles. The van der Waals surface area contributed by atoms with Crippen LogP contribution in [0.3, 0.4) is 0 Å². The number of halogens is 1. The average Bonchev–Trinajstić information content (AvgIpc) is 2.61. The maximum Gasteiger partial charge on any atom is 0.306 e. The van der Waals surface area contributed by atoms with Gasteiger partial charge in [-0.05, 0) is 0 Å². The first-order valence-electron chi connectivity index (χ1n) is 4.84. The summed E-state index contributed by atoms with van der Waals surface area (Å²) >= 11 is 0. The number of ether oxygens (including phenoxy) is 2. The van der Waals surface area contributed by atoms with Crippen molar-refractivity contribution in [3.63, 3.8) is 0 Å². The molecule has 1 aromatic rings. The number of benzene rings is 1. The lowest BCUT2D eigenvalue weighted by atomic mass is 9.97. The smallest absolute Gasteiger partial charge is 0.306 e. The van der Waals surface area contributed by atoms with E-state index in [0.717, 1.165) is 6.07 Å². The second kappa shape index (κ2) is 4.00. The second-order valence-electron chi connectivity index (χ2n) is 3.63. The number of aromatic hydroxyl groups is 1. The fourth-order valence-electron chi connectivity index (χ4n) is 1.81. The van der Waals surface area contributed by atoms with Crippen molar-refractivity contribution in [3.8, 4) is 11.5 Å². The number of phenols is 1. The number of phenolic OH excluding ortho intramolecular Hbond substituents is 1. The zero-order chi connectivity index (χ0) is 11.7. The summed E-state index contributed by atoms with van der Waals surface area (Å²) in [5.41, 5.74) is 0.336. The summed E-state index contributed by atoms with van der Waals surface area (Å²) in [7, 11) is 1.28. The van der Waals surface area contributed by atoms with Gasteiger partial charge < -0.3 is 14.6 Å². The van der Waals surface area contributed by atoms with E-state index in [2.05, 4.69) is 4.74 Å². The predicted octanol–water partition coefficient (Wildman–Crippen LogP) is 1.57. The first kappa shape index (κ1) is 10.7. The van der Waals surface area contributed by atoms with Crippen LogP contribution >= 0.6 is 0 Å².